The summed E-state index contributed by atoms with van der Waals surface area (Å²) in [5.74, 6) is -1.98. The van der Waals surface area contributed by atoms with Crippen LogP contribution in [0.15, 0.2) is 11.8 Å². The summed E-state index contributed by atoms with van der Waals surface area (Å²) in [7, 11) is 0. The first-order valence-corrected chi connectivity index (χ1v) is 7.23. The molecule has 2 aliphatic heterocycles. The summed E-state index contributed by atoms with van der Waals surface area (Å²) in [6.45, 7) is -1.01. The molecule has 24 heavy (non-hydrogen) atoms. The summed E-state index contributed by atoms with van der Waals surface area (Å²) < 4.78 is 15.3. The number of carboxylic acids is 1. The SMILES string of the molecule is N[C@H]1C(O)O[C@H](CO)[C@H](O)[C@@H]1OC[C@@H]1OC(C(=O)O)=C[C@H](O)[C@H]1O. The molecule has 0 aromatic rings. The van der Waals surface area contributed by atoms with Gasteiger partial charge in [0.1, 0.15) is 30.5 Å². The lowest BCUT2D eigenvalue weighted by molar-refractivity contribution is -0.262. The van der Waals surface area contributed by atoms with E-state index in [1.165, 1.54) is 0 Å². The highest BCUT2D eigenvalue weighted by molar-refractivity contribution is 5.84. The maximum absolute atomic E-state index is 10.9. The van der Waals surface area contributed by atoms with Crippen molar-refractivity contribution in [3.8, 4) is 0 Å². The van der Waals surface area contributed by atoms with Crippen LogP contribution in [0, 0.1) is 0 Å². The molecule has 11 heteroatoms. The van der Waals surface area contributed by atoms with Gasteiger partial charge in [0.15, 0.2) is 12.4 Å². The summed E-state index contributed by atoms with van der Waals surface area (Å²) in [5.41, 5.74) is 5.68. The number of carbonyl (C=O) groups is 1. The Morgan fingerprint density at radius 1 is 1.21 bits per heavy atom. The number of aliphatic hydroxyl groups is 5. The fourth-order valence-corrected chi connectivity index (χ4v) is 2.52. The third-order valence-corrected chi connectivity index (χ3v) is 3.92. The van der Waals surface area contributed by atoms with Crippen LogP contribution in [0.1, 0.15) is 0 Å². The van der Waals surface area contributed by atoms with Crippen molar-refractivity contribution in [2.75, 3.05) is 13.2 Å². The first-order valence-electron chi connectivity index (χ1n) is 7.23. The summed E-state index contributed by atoms with van der Waals surface area (Å²) in [6, 6.07) is -1.15. The number of hydrogen-bond donors (Lipinski definition) is 7. The molecule has 138 valence electrons. The highest BCUT2D eigenvalue weighted by Crippen LogP contribution is 2.24. The van der Waals surface area contributed by atoms with Gasteiger partial charge in [-0.25, -0.2) is 4.79 Å². The zero-order chi connectivity index (χ0) is 18.0. The topological polar surface area (TPSA) is 192 Å². The number of hydrogen-bond acceptors (Lipinski definition) is 10. The summed E-state index contributed by atoms with van der Waals surface area (Å²) in [5, 5.41) is 57.2. The van der Waals surface area contributed by atoms with Gasteiger partial charge in [0, 0.05) is 0 Å². The Balaban J connectivity index is 2.03. The maximum Gasteiger partial charge on any atom is 0.370 e. The van der Waals surface area contributed by atoms with E-state index in [2.05, 4.69) is 0 Å². The normalized spacial score (nSPS) is 43.0. The fraction of sp³-hybridized carbons (Fsp3) is 0.769. The van der Waals surface area contributed by atoms with Crippen molar-refractivity contribution in [1.29, 1.82) is 0 Å². The predicted molar refractivity (Wildman–Crippen MR) is 74.3 cm³/mol. The van der Waals surface area contributed by atoms with E-state index in [9.17, 15) is 25.2 Å². The van der Waals surface area contributed by atoms with Gasteiger partial charge in [-0.2, -0.15) is 0 Å². The van der Waals surface area contributed by atoms with Gasteiger partial charge in [-0.3, -0.25) is 0 Å². The van der Waals surface area contributed by atoms with Crippen LogP contribution in [0.2, 0.25) is 0 Å². The van der Waals surface area contributed by atoms with Crippen molar-refractivity contribution in [1.82, 2.24) is 0 Å². The number of ether oxygens (including phenoxy) is 3. The summed E-state index contributed by atoms with van der Waals surface area (Å²) in [4.78, 5) is 10.9. The van der Waals surface area contributed by atoms with Crippen LogP contribution < -0.4 is 5.73 Å². The standard InChI is InChI=1S/C13H21NO10/c14-8-11(10(18)6(2-15)24-13(8)21)22-3-7-9(17)4(16)1-5(23-7)12(19)20/h1,4,6-11,13,15-18,21H,2-3,14H2,(H,19,20)/t4-,6+,7-,8+,9+,10-,11+,13?/m0/s1. The average molecular weight is 351 g/mol. The molecule has 0 aliphatic carbocycles. The highest BCUT2D eigenvalue weighted by atomic mass is 16.6. The molecule has 8 N–H and O–H groups in total. The first kappa shape index (κ1) is 19.0. The molecule has 2 aliphatic rings. The molecule has 2 rings (SSSR count). The maximum atomic E-state index is 10.9. The quantitative estimate of drug-likeness (QED) is 0.254. The Morgan fingerprint density at radius 2 is 1.88 bits per heavy atom. The molecule has 1 fully saturated rings. The number of carboxylic acid groups (broad SMARTS) is 1. The van der Waals surface area contributed by atoms with E-state index in [1.54, 1.807) is 0 Å². The molecule has 0 aromatic carbocycles. The summed E-state index contributed by atoms with van der Waals surface area (Å²) >= 11 is 0. The van der Waals surface area contributed by atoms with Crippen LogP contribution in [0.3, 0.4) is 0 Å². The van der Waals surface area contributed by atoms with Crippen LogP contribution in [-0.2, 0) is 19.0 Å². The van der Waals surface area contributed by atoms with Crippen LogP contribution in [-0.4, -0.2) is 98.8 Å². The largest absolute Gasteiger partial charge is 0.478 e. The van der Waals surface area contributed by atoms with Crippen LogP contribution >= 0.6 is 0 Å². The Bertz CT molecular complexity index is 485. The van der Waals surface area contributed by atoms with E-state index in [0.717, 1.165) is 6.08 Å². The lowest BCUT2D eigenvalue weighted by Crippen LogP contribution is -2.63. The molecule has 0 amide bonds. The Kier molecular flexibility index (Phi) is 6.11. The Labute approximate surface area is 136 Å². The third-order valence-electron chi connectivity index (χ3n) is 3.92. The molecule has 0 aromatic heterocycles. The van der Waals surface area contributed by atoms with Crippen molar-refractivity contribution >= 4 is 5.97 Å². The van der Waals surface area contributed by atoms with Crippen molar-refractivity contribution in [3.63, 3.8) is 0 Å². The van der Waals surface area contributed by atoms with Crippen LogP contribution in [0.4, 0.5) is 0 Å². The molecule has 0 bridgehead atoms. The number of rotatable bonds is 5. The molecular weight excluding hydrogens is 330 g/mol. The second kappa shape index (κ2) is 7.72. The Hall–Kier alpha value is -1.31. The molecule has 1 saturated heterocycles. The van der Waals surface area contributed by atoms with Crippen molar-refractivity contribution in [2.45, 2.75) is 49.0 Å². The van der Waals surface area contributed by atoms with Gasteiger partial charge in [-0.05, 0) is 6.08 Å². The lowest BCUT2D eigenvalue weighted by atomic mass is 9.97. The number of aliphatic carboxylic acids is 1. The van der Waals surface area contributed by atoms with Gasteiger partial charge in [0.25, 0.3) is 0 Å². The van der Waals surface area contributed by atoms with Gasteiger partial charge in [0.2, 0.25) is 5.76 Å². The van der Waals surface area contributed by atoms with Crippen LogP contribution in [0.25, 0.3) is 0 Å². The second-order valence-electron chi connectivity index (χ2n) is 5.59. The minimum absolute atomic E-state index is 0.427. The molecule has 11 nitrogen and oxygen atoms in total. The molecule has 0 radical (unpaired) electrons. The minimum atomic E-state index is -1.49. The summed E-state index contributed by atoms with van der Waals surface area (Å²) in [6.07, 6.45) is -8.46. The zero-order valence-electron chi connectivity index (χ0n) is 12.5. The first-order chi connectivity index (χ1) is 11.3. The third kappa shape index (κ3) is 3.84. The van der Waals surface area contributed by atoms with Gasteiger partial charge >= 0.3 is 5.97 Å². The highest BCUT2D eigenvalue weighted by Gasteiger charge is 2.44. The Morgan fingerprint density at radius 3 is 2.46 bits per heavy atom. The average Bonchev–Trinajstić information content (AvgIpc) is 2.54. The molecule has 8 atom stereocenters. The monoisotopic (exact) mass is 351 g/mol. The predicted octanol–water partition coefficient (Wildman–Crippen LogP) is -4.14. The number of nitrogens with two attached hydrogens (primary N) is 1. The van der Waals surface area contributed by atoms with Gasteiger partial charge in [0.05, 0.1) is 19.3 Å². The van der Waals surface area contributed by atoms with E-state index >= 15 is 0 Å². The van der Waals surface area contributed by atoms with E-state index in [0.29, 0.717) is 0 Å². The molecule has 2 heterocycles. The zero-order valence-corrected chi connectivity index (χ0v) is 12.5. The van der Waals surface area contributed by atoms with E-state index in [1.807, 2.05) is 0 Å². The lowest BCUT2D eigenvalue weighted by Gasteiger charge is -2.41. The molecule has 1 unspecified atom stereocenters. The van der Waals surface area contributed by atoms with E-state index in [-0.39, 0.29) is 0 Å². The molecule has 0 spiro atoms. The van der Waals surface area contributed by atoms with Gasteiger partial charge in [-0.1, -0.05) is 0 Å². The van der Waals surface area contributed by atoms with Gasteiger partial charge in [-0.15, -0.1) is 0 Å². The molecule has 0 saturated carbocycles. The van der Waals surface area contributed by atoms with E-state index < -0.39 is 73.9 Å². The second-order valence-corrected chi connectivity index (χ2v) is 5.59. The number of aliphatic hydroxyl groups excluding tert-OH is 5. The van der Waals surface area contributed by atoms with E-state index in [4.69, 9.17) is 30.2 Å². The van der Waals surface area contributed by atoms with Crippen molar-refractivity contribution in [2.24, 2.45) is 5.73 Å². The van der Waals surface area contributed by atoms with Gasteiger partial charge < -0.3 is 50.6 Å². The van der Waals surface area contributed by atoms with Crippen LogP contribution in [0.5, 0.6) is 0 Å². The fourth-order valence-electron chi connectivity index (χ4n) is 2.52. The minimum Gasteiger partial charge on any atom is -0.478 e. The van der Waals surface area contributed by atoms with Crippen molar-refractivity contribution in [3.05, 3.63) is 11.8 Å². The molecular formula is C13H21NO10. The van der Waals surface area contributed by atoms with Crippen molar-refractivity contribution < 1.29 is 49.6 Å². The smallest absolute Gasteiger partial charge is 0.370 e.